The number of benzene rings is 3. The average Bonchev–Trinajstić information content (AvgIpc) is 2.79. The highest BCUT2D eigenvalue weighted by molar-refractivity contribution is 7.71. The molecular weight excluding hydrogens is 470 g/mol. The van der Waals surface area contributed by atoms with Gasteiger partial charge in [0, 0.05) is 17.5 Å². The van der Waals surface area contributed by atoms with Crippen LogP contribution in [0.25, 0.3) is 16.8 Å². The van der Waals surface area contributed by atoms with Crippen LogP contribution in [0.2, 0.25) is 5.02 Å². The number of aromatic nitrogens is 2. The van der Waals surface area contributed by atoms with Crippen molar-refractivity contribution in [1.82, 2.24) is 9.78 Å². The van der Waals surface area contributed by atoms with Crippen LogP contribution in [-0.2, 0) is 22.9 Å². The molecule has 0 aliphatic heterocycles. The molecule has 0 N–H and O–H groups in total. The van der Waals surface area contributed by atoms with Crippen molar-refractivity contribution in [3.8, 4) is 16.8 Å². The molecule has 3 aromatic carbocycles. The SMILES string of the molecule is O=c1c(Cc2ccc(F)cc2)c(-c2ccc(C[SH](=O)=O)cc2)cnn1-c1ccc(F)c(Cl)c1. The third-order valence-electron chi connectivity index (χ3n) is 5.10. The van der Waals surface area contributed by atoms with Gasteiger partial charge in [-0.15, -0.1) is 0 Å². The van der Waals surface area contributed by atoms with Crippen molar-refractivity contribution in [1.29, 1.82) is 0 Å². The Balaban J connectivity index is 1.84. The molecule has 0 atom stereocenters. The van der Waals surface area contributed by atoms with Crippen molar-refractivity contribution in [3.05, 3.63) is 117 Å². The first-order valence-electron chi connectivity index (χ1n) is 9.84. The van der Waals surface area contributed by atoms with Crippen LogP contribution in [0.3, 0.4) is 0 Å². The minimum absolute atomic E-state index is 0.0801. The highest BCUT2D eigenvalue weighted by Gasteiger charge is 2.16. The Kier molecular flexibility index (Phi) is 6.67. The minimum Gasteiger partial charge on any atom is -0.267 e. The summed E-state index contributed by atoms with van der Waals surface area (Å²) in [5.41, 5.74) is 2.80. The summed E-state index contributed by atoms with van der Waals surface area (Å²) < 4.78 is 50.1. The van der Waals surface area contributed by atoms with E-state index < -0.39 is 22.1 Å². The van der Waals surface area contributed by atoms with Gasteiger partial charge in [0.25, 0.3) is 5.56 Å². The smallest absolute Gasteiger partial charge is 0.267 e. The lowest BCUT2D eigenvalue weighted by Gasteiger charge is -2.13. The average molecular weight is 487 g/mol. The molecule has 0 saturated carbocycles. The summed E-state index contributed by atoms with van der Waals surface area (Å²) in [7, 11) is -2.56. The van der Waals surface area contributed by atoms with E-state index in [1.165, 1.54) is 30.5 Å². The molecule has 168 valence electrons. The molecule has 0 amide bonds. The Bertz CT molecular complexity index is 1440. The summed E-state index contributed by atoms with van der Waals surface area (Å²) in [6, 6.07) is 16.5. The monoisotopic (exact) mass is 486 g/mol. The van der Waals surface area contributed by atoms with Gasteiger partial charge in [-0.25, -0.2) is 17.2 Å². The van der Waals surface area contributed by atoms with Crippen molar-refractivity contribution in [2.45, 2.75) is 12.2 Å². The van der Waals surface area contributed by atoms with E-state index in [1.807, 2.05) is 0 Å². The van der Waals surface area contributed by atoms with Gasteiger partial charge in [0.1, 0.15) is 22.3 Å². The summed E-state index contributed by atoms with van der Waals surface area (Å²) in [6.07, 6.45) is 1.71. The molecule has 0 saturated heterocycles. The van der Waals surface area contributed by atoms with Gasteiger partial charge in [-0.1, -0.05) is 48.0 Å². The quantitative estimate of drug-likeness (QED) is 0.406. The van der Waals surface area contributed by atoms with Gasteiger partial charge in [0.05, 0.1) is 22.7 Å². The Morgan fingerprint density at radius 2 is 1.58 bits per heavy atom. The molecule has 9 heteroatoms. The maximum atomic E-state index is 13.6. The zero-order chi connectivity index (χ0) is 23.5. The second-order valence-electron chi connectivity index (χ2n) is 7.34. The van der Waals surface area contributed by atoms with E-state index in [-0.39, 0.29) is 23.0 Å². The number of rotatable bonds is 6. The van der Waals surface area contributed by atoms with Crippen molar-refractivity contribution in [2.75, 3.05) is 0 Å². The normalized spacial score (nSPS) is 11.2. The zero-order valence-electron chi connectivity index (χ0n) is 17.0. The predicted molar refractivity (Wildman–Crippen MR) is 123 cm³/mol. The second kappa shape index (κ2) is 9.64. The van der Waals surface area contributed by atoms with Crippen LogP contribution in [-0.4, -0.2) is 18.2 Å². The first-order valence-corrected chi connectivity index (χ1v) is 11.6. The fourth-order valence-electron chi connectivity index (χ4n) is 3.45. The van der Waals surface area contributed by atoms with Crippen LogP contribution in [0.1, 0.15) is 16.7 Å². The van der Waals surface area contributed by atoms with Crippen molar-refractivity contribution >= 4 is 22.3 Å². The summed E-state index contributed by atoms with van der Waals surface area (Å²) in [4.78, 5) is 13.5. The minimum atomic E-state index is -2.56. The summed E-state index contributed by atoms with van der Waals surface area (Å²) in [5, 5.41) is 4.11. The van der Waals surface area contributed by atoms with Gasteiger partial charge < -0.3 is 0 Å². The molecule has 4 aromatic rings. The van der Waals surface area contributed by atoms with E-state index in [1.54, 1.807) is 36.4 Å². The molecule has 1 heterocycles. The molecule has 0 spiro atoms. The standard InChI is InChI=1S/C24H17ClF2N2O3S/c25-22-12-19(9-10-23(22)27)29-24(30)20(11-15-3-7-18(26)8-4-15)21(13-28-29)17-5-1-16(2-6-17)14-33(31)32/h1-10,12-13,33H,11,14H2. The lowest BCUT2D eigenvalue weighted by molar-refractivity contribution is 0.614. The van der Waals surface area contributed by atoms with Gasteiger partial charge >= 0.3 is 0 Å². The summed E-state index contributed by atoms with van der Waals surface area (Å²) >= 11 is 5.88. The van der Waals surface area contributed by atoms with E-state index in [0.717, 1.165) is 10.7 Å². The predicted octanol–water partition coefficient (Wildman–Crippen LogP) is 4.53. The van der Waals surface area contributed by atoms with Crippen molar-refractivity contribution < 1.29 is 17.2 Å². The van der Waals surface area contributed by atoms with Gasteiger partial charge in [0.15, 0.2) is 0 Å². The first kappa shape index (κ1) is 22.8. The molecule has 33 heavy (non-hydrogen) atoms. The molecule has 0 radical (unpaired) electrons. The lowest BCUT2D eigenvalue weighted by atomic mass is 9.97. The maximum absolute atomic E-state index is 13.6. The van der Waals surface area contributed by atoms with E-state index in [4.69, 9.17) is 11.6 Å². The molecule has 0 aliphatic rings. The van der Waals surface area contributed by atoms with Gasteiger partial charge in [-0.2, -0.15) is 9.78 Å². The topological polar surface area (TPSA) is 69.0 Å². The third kappa shape index (κ3) is 5.18. The molecule has 0 unspecified atom stereocenters. The molecular formula is C24H17ClF2N2O3S. The Morgan fingerprint density at radius 1 is 0.909 bits per heavy atom. The highest BCUT2D eigenvalue weighted by atomic mass is 35.5. The fraction of sp³-hybridized carbons (Fsp3) is 0.0833. The van der Waals surface area contributed by atoms with Crippen molar-refractivity contribution in [3.63, 3.8) is 0 Å². The van der Waals surface area contributed by atoms with Crippen LogP contribution in [0.15, 0.2) is 77.7 Å². The molecule has 1 aromatic heterocycles. The van der Waals surface area contributed by atoms with Gasteiger partial charge in [-0.3, -0.25) is 4.79 Å². The number of thiol groups is 1. The number of nitrogens with zero attached hydrogens (tertiary/aromatic N) is 2. The molecule has 0 aliphatic carbocycles. The van der Waals surface area contributed by atoms with E-state index >= 15 is 0 Å². The second-order valence-corrected chi connectivity index (χ2v) is 8.73. The van der Waals surface area contributed by atoms with Crippen LogP contribution in [0, 0.1) is 11.6 Å². The summed E-state index contributed by atoms with van der Waals surface area (Å²) in [5.74, 6) is -1.08. The Morgan fingerprint density at radius 3 is 2.21 bits per heavy atom. The van der Waals surface area contributed by atoms with E-state index in [2.05, 4.69) is 5.10 Å². The molecule has 0 bridgehead atoms. The largest absolute Gasteiger partial charge is 0.275 e. The van der Waals surface area contributed by atoms with Crippen LogP contribution in [0.4, 0.5) is 8.78 Å². The lowest BCUT2D eigenvalue weighted by Crippen LogP contribution is -2.26. The van der Waals surface area contributed by atoms with Crippen LogP contribution >= 0.6 is 11.6 Å². The molecule has 5 nitrogen and oxygen atoms in total. The third-order valence-corrected chi connectivity index (χ3v) is 6.01. The van der Waals surface area contributed by atoms with Crippen molar-refractivity contribution in [2.24, 2.45) is 0 Å². The van der Waals surface area contributed by atoms with Crippen LogP contribution in [0.5, 0.6) is 0 Å². The zero-order valence-corrected chi connectivity index (χ0v) is 18.7. The number of hydrogen-bond acceptors (Lipinski definition) is 4. The first-order chi connectivity index (χ1) is 15.8. The number of hydrogen-bond donors (Lipinski definition) is 1. The number of halogens is 3. The Labute approximate surface area is 194 Å². The van der Waals surface area contributed by atoms with Gasteiger partial charge in [0.2, 0.25) is 0 Å². The fourth-order valence-corrected chi connectivity index (χ4v) is 4.14. The van der Waals surface area contributed by atoms with Crippen LogP contribution < -0.4 is 5.56 Å². The van der Waals surface area contributed by atoms with E-state index in [9.17, 15) is 22.0 Å². The summed E-state index contributed by atoms with van der Waals surface area (Å²) in [6.45, 7) is 0. The Hall–Kier alpha value is -3.36. The molecule has 4 rings (SSSR count). The molecule has 0 fully saturated rings. The van der Waals surface area contributed by atoms with Gasteiger partial charge in [-0.05, 0) is 47.0 Å². The highest BCUT2D eigenvalue weighted by Crippen LogP contribution is 2.25. The maximum Gasteiger partial charge on any atom is 0.275 e. The van der Waals surface area contributed by atoms with E-state index in [0.29, 0.717) is 33.5 Å².